The highest BCUT2D eigenvalue weighted by Gasteiger charge is 2.09. The van der Waals surface area contributed by atoms with E-state index in [0.29, 0.717) is 11.5 Å². The van der Waals surface area contributed by atoms with Crippen molar-refractivity contribution in [1.82, 2.24) is 5.32 Å². The molecule has 7 heteroatoms. The first kappa shape index (κ1) is 18.0. The number of hydrogen-bond donors (Lipinski definition) is 1. The lowest BCUT2D eigenvalue weighted by Gasteiger charge is -2.10. The molecule has 6 nitrogen and oxygen atoms in total. The molecule has 0 aliphatic heterocycles. The van der Waals surface area contributed by atoms with Gasteiger partial charge in [-0.2, -0.15) is 0 Å². The Labute approximate surface area is 137 Å². The molecule has 22 heavy (non-hydrogen) atoms. The van der Waals surface area contributed by atoms with E-state index in [1.807, 2.05) is 0 Å². The van der Waals surface area contributed by atoms with Crippen molar-refractivity contribution in [2.75, 3.05) is 27.9 Å². The van der Waals surface area contributed by atoms with Crippen LogP contribution in [-0.2, 0) is 14.3 Å². The van der Waals surface area contributed by atoms with Crippen molar-refractivity contribution in [3.05, 3.63) is 28.2 Å². The molecule has 0 radical (unpaired) electrons. The molecule has 0 saturated heterocycles. The van der Waals surface area contributed by atoms with Crippen molar-refractivity contribution in [3.8, 4) is 11.5 Å². The lowest BCUT2D eigenvalue weighted by molar-refractivity contribution is -0.140. The Bertz CT molecular complexity index is 571. The average Bonchev–Trinajstić information content (AvgIpc) is 2.51. The summed E-state index contributed by atoms with van der Waals surface area (Å²) in [5, 5.41) is 2.59. The molecule has 1 amide bonds. The molecule has 0 atom stereocenters. The summed E-state index contributed by atoms with van der Waals surface area (Å²) in [7, 11) is 4.39. The van der Waals surface area contributed by atoms with Gasteiger partial charge in [0.05, 0.1) is 32.2 Å². The minimum absolute atomic E-state index is 0.137. The molecule has 0 bridgehead atoms. The van der Waals surface area contributed by atoms with Crippen molar-refractivity contribution >= 4 is 33.9 Å². The van der Waals surface area contributed by atoms with Gasteiger partial charge >= 0.3 is 5.97 Å². The molecule has 0 spiro atoms. The van der Waals surface area contributed by atoms with Crippen LogP contribution in [0.1, 0.15) is 12.0 Å². The Hall–Kier alpha value is -2.02. The smallest absolute Gasteiger partial charge is 0.307 e. The Balaban J connectivity index is 2.68. The monoisotopic (exact) mass is 371 g/mol. The third kappa shape index (κ3) is 5.40. The summed E-state index contributed by atoms with van der Waals surface area (Å²) in [6.45, 7) is 0.228. The van der Waals surface area contributed by atoms with Crippen LogP contribution in [0.2, 0.25) is 0 Å². The van der Waals surface area contributed by atoms with Gasteiger partial charge in [-0.25, -0.2) is 0 Å². The van der Waals surface area contributed by atoms with Gasteiger partial charge in [0.25, 0.3) is 0 Å². The molecule has 1 rings (SSSR count). The highest BCUT2D eigenvalue weighted by molar-refractivity contribution is 9.10. The summed E-state index contributed by atoms with van der Waals surface area (Å²) in [5.74, 6) is 0.479. The minimum atomic E-state index is -0.367. The van der Waals surface area contributed by atoms with E-state index in [4.69, 9.17) is 9.47 Å². The van der Waals surface area contributed by atoms with Crippen LogP contribution >= 0.6 is 15.9 Å². The number of carbonyl (C=O) groups is 2. The van der Waals surface area contributed by atoms with E-state index in [2.05, 4.69) is 26.0 Å². The molecule has 0 fully saturated rings. The number of carbonyl (C=O) groups excluding carboxylic acids is 2. The average molecular weight is 372 g/mol. The molecule has 1 aromatic carbocycles. The quantitative estimate of drug-likeness (QED) is 0.587. The zero-order valence-corrected chi connectivity index (χ0v) is 14.2. The molecule has 0 aliphatic rings. The summed E-state index contributed by atoms with van der Waals surface area (Å²) in [5.41, 5.74) is 0.771. The van der Waals surface area contributed by atoms with E-state index in [-0.39, 0.29) is 24.8 Å². The Morgan fingerprint density at radius 1 is 1.23 bits per heavy atom. The number of amides is 1. The van der Waals surface area contributed by atoms with Crippen LogP contribution in [0.25, 0.3) is 6.08 Å². The maximum atomic E-state index is 11.6. The van der Waals surface area contributed by atoms with Gasteiger partial charge in [0.1, 0.15) is 0 Å². The van der Waals surface area contributed by atoms with Crippen molar-refractivity contribution in [2.24, 2.45) is 0 Å². The van der Waals surface area contributed by atoms with E-state index >= 15 is 0 Å². The fourth-order valence-electron chi connectivity index (χ4n) is 1.65. The molecule has 1 aromatic rings. The molecule has 0 aromatic heterocycles. The molecule has 0 heterocycles. The van der Waals surface area contributed by atoms with E-state index in [0.717, 1.165) is 10.0 Å². The predicted octanol–water partition coefficient (Wildman–Crippen LogP) is 2.16. The van der Waals surface area contributed by atoms with E-state index in [1.54, 1.807) is 25.3 Å². The second-order valence-electron chi connectivity index (χ2n) is 4.19. The van der Waals surface area contributed by atoms with Gasteiger partial charge in [-0.05, 0) is 39.7 Å². The van der Waals surface area contributed by atoms with Crippen molar-refractivity contribution < 1.29 is 23.8 Å². The summed E-state index contributed by atoms with van der Waals surface area (Å²) in [6.07, 6.45) is 3.16. The summed E-state index contributed by atoms with van der Waals surface area (Å²) >= 11 is 3.38. The third-order valence-corrected chi connectivity index (χ3v) is 3.33. The van der Waals surface area contributed by atoms with Crippen molar-refractivity contribution in [1.29, 1.82) is 0 Å². The molecular weight excluding hydrogens is 354 g/mol. The van der Waals surface area contributed by atoms with Gasteiger partial charge in [0, 0.05) is 12.6 Å². The third-order valence-electron chi connectivity index (χ3n) is 2.74. The number of benzene rings is 1. The van der Waals surface area contributed by atoms with Gasteiger partial charge < -0.3 is 19.5 Å². The van der Waals surface area contributed by atoms with Gasteiger partial charge in [-0.1, -0.05) is 0 Å². The van der Waals surface area contributed by atoms with Crippen molar-refractivity contribution in [3.63, 3.8) is 0 Å². The number of nitrogens with one attached hydrogen (secondary N) is 1. The zero-order valence-electron chi connectivity index (χ0n) is 12.6. The Morgan fingerprint density at radius 3 is 2.55 bits per heavy atom. The fraction of sp³-hybridized carbons (Fsp3) is 0.333. The molecular formula is C15H18BrNO5. The second kappa shape index (κ2) is 9.09. The molecule has 0 aliphatic carbocycles. The highest BCUT2D eigenvalue weighted by Crippen LogP contribution is 2.36. The molecule has 1 N–H and O–H groups in total. The number of methoxy groups -OCH3 is 3. The highest BCUT2D eigenvalue weighted by atomic mass is 79.9. The normalized spacial score (nSPS) is 10.4. The SMILES string of the molecule is COC(=O)CCNC(=O)/C=C/c1cc(Br)c(OC)c(OC)c1. The number of hydrogen-bond acceptors (Lipinski definition) is 5. The molecule has 0 unspecified atom stereocenters. The van der Waals surface area contributed by atoms with Gasteiger partial charge in [0.15, 0.2) is 11.5 Å². The van der Waals surface area contributed by atoms with Crippen LogP contribution in [0, 0.1) is 0 Å². The number of ether oxygens (including phenoxy) is 3. The van der Waals surface area contributed by atoms with Gasteiger partial charge in [0.2, 0.25) is 5.91 Å². The first-order chi connectivity index (χ1) is 10.5. The maximum Gasteiger partial charge on any atom is 0.307 e. The maximum absolute atomic E-state index is 11.6. The lowest BCUT2D eigenvalue weighted by atomic mass is 10.2. The van der Waals surface area contributed by atoms with E-state index in [1.165, 1.54) is 20.3 Å². The van der Waals surface area contributed by atoms with Crippen LogP contribution in [-0.4, -0.2) is 39.8 Å². The standard InChI is InChI=1S/C15H18BrNO5/c1-20-12-9-10(8-11(16)15(12)22-3)4-5-13(18)17-7-6-14(19)21-2/h4-5,8-9H,6-7H2,1-3H3,(H,17,18)/b5-4+. The summed E-state index contributed by atoms with van der Waals surface area (Å²) < 4.78 is 15.6. The van der Waals surface area contributed by atoms with Gasteiger partial charge in [-0.3, -0.25) is 9.59 Å². The molecule has 120 valence electrons. The number of halogens is 1. The van der Waals surface area contributed by atoms with E-state index in [9.17, 15) is 9.59 Å². The number of esters is 1. The number of rotatable bonds is 7. The lowest BCUT2D eigenvalue weighted by Crippen LogP contribution is -2.24. The van der Waals surface area contributed by atoms with Crippen molar-refractivity contribution in [2.45, 2.75) is 6.42 Å². The second-order valence-corrected chi connectivity index (χ2v) is 5.04. The summed E-state index contributed by atoms with van der Waals surface area (Å²) in [4.78, 5) is 22.5. The first-order valence-electron chi connectivity index (χ1n) is 6.46. The van der Waals surface area contributed by atoms with Crippen LogP contribution in [0.4, 0.5) is 0 Å². The fourth-order valence-corrected chi connectivity index (χ4v) is 2.28. The predicted molar refractivity (Wildman–Crippen MR) is 85.9 cm³/mol. The van der Waals surface area contributed by atoms with Gasteiger partial charge in [-0.15, -0.1) is 0 Å². The van der Waals surface area contributed by atoms with Crippen LogP contribution in [0.3, 0.4) is 0 Å². The summed E-state index contributed by atoms with van der Waals surface area (Å²) in [6, 6.07) is 3.56. The Kier molecular flexibility index (Phi) is 7.45. The van der Waals surface area contributed by atoms with Crippen LogP contribution in [0.15, 0.2) is 22.7 Å². The zero-order chi connectivity index (χ0) is 16.5. The van der Waals surface area contributed by atoms with E-state index < -0.39 is 0 Å². The minimum Gasteiger partial charge on any atom is -0.493 e. The first-order valence-corrected chi connectivity index (χ1v) is 7.25. The van der Waals surface area contributed by atoms with Crippen LogP contribution in [0.5, 0.6) is 11.5 Å². The molecule has 0 saturated carbocycles. The topological polar surface area (TPSA) is 73.9 Å². The Morgan fingerprint density at radius 2 is 1.95 bits per heavy atom. The largest absolute Gasteiger partial charge is 0.493 e. The van der Waals surface area contributed by atoms with Crippen LogP contribution < -0.4 is 14.8 Å².